The van der Waals surface area contributed by atoms with Gasteiger partial charge < -0.3 is 10.1 Å². The normalized spacial score (nSPS) is 10.4. The van der Waals surface area contributed by atoms with Crippen molar-refractivity contribution in [1.82, 2.24) is 15.0 Å². The molecule has 4 nitrogen and oxygen atoms in total. The van der Waals surface area contributed by atoms with E-state index in [4.69, 9.17) is 16.7 Å². The van der Waals surface area contributed by atoms with Gasteiger partial charge in [-0.25, -0.2) is 4.98 Å². The molecule has 0 radical (unpaired) electrons. The number of H-pyrrole nitrogens is 1. The Balaban J connectivity index is 2.43. The topological polar surface area (TPSA) is 61.8 Å². The molecule has 2 rings (SSSR count). The van der Waals surface area contributed by atoms with Crippen LogP contribution in [0.2, 0.25) is 5.15 Å². The zero-order chi connectivity index (χ0) is 9.97. The molecule has 0 amide bonds. The minimum absolute atomic E-state index is 0.147. The first-order chi connectivity index (χ1) is 6.81. The Morgan fingerprint density at radius 3 is 2.93 bits per heavy atom. The highest BCUT2D eigenvalue weighted by atomic mass is 35.5. The quantitative estimate of drug-likeness (QED) is 0.790. The van der Waals surface area contributed by atoms with E-state index in [9.17, 15) is 0 Å². The Labute approximate surface area is 85.6 Å². The van der Waals surface area contributed by atoms with Gasteiger partial charge in [0.25, 0.3) is 0 Å². The van der Waals surface area contributed by atoms with Gasteiger partial charge in [-0.1, -0.05) is 11.6 Å². The highest BCUT2D eigenvalue weighted by Gasteiger charge is 2.08. The molecule has 0 saturated carbocycles. The Hall–Kier alpha value is -1.39. The average Bonchev–Trinajstić information content (AvgIpc) is 2.61. The van der Waals surface area contributed by atoms with E-state index in [2.05, 4.69) is 15.0 Å². The van der Waals surface area contributed by atoms with Crippen LogP contribution in [0.15, 0.2) is 24.5 Å². The van der Waals surface area contributed by atoms with Crippen LogP contribution in [-0.4, -0.2) is 20.1 Å². The van der Waals surface area contributed by atoms with Crippen molar-refractivity contribution < 1.29 is 5.11 Å². The monoisotopic (exact) mass is 209 g/mol. The lowest BCUT2D eigenvalue weighted by atomic mass is 10.3. The number of hydrogen-bond donors (Lipinski definition) is 2. The highest BCUT2D eigenvalue weighted by molar-refractivity contribution is 6.30. The third-order valence-corrected chi connectivity index (χ3v) is 2.13. The summed E-state index contributed by atoms with van der Waals surface area (Å²) in [5.74, 6) is 0.618. The molecule has 2 heterocycles. The number of aromatic nitrogens is 3. The summed E-state index contributed by atoms with van der Waals surface area (Å²) in [7, 11) is 0. The van der Waals surface area contributed by atoms with Crippen molar-refractivity contribution >= 4 is 11.6 Å². The number of aromatic amines is 1. The van der Waals surface area contributed by atoms with Crippen molar-refractivity contribution in [2.24, 2.45) is 0 Å². The molecule has 0 aliphatic rings. The molecule has 0 fully saturated rings. The van der Waals surface area contributed by atoms with Crippen LogP contribution in [-0.2, 0) is 6.61 Å². The molecule has 0 unspecified atom stereocenters. The fourth-order valence-electron chi connectivity index (χ4n) is 1.13. The SMILES string of the molecule is OCc1[nH]c(-c2cccnc2)nc1Cl. The van der Waals surface area contributed by atoms with Gasteiger partial charge in [0.05, 0.1) is 12.3 Å². The van der Waals surface area contributed by atoms with Crippen molar-refractivity contribution in [3.63, 3.8) is 0 Å². The molecular weight excluding hydrogens is 202 g/mol. The van der Waals surface area contributed by atoms with E-state index in [-0.39, 0.29) is 6.61 Å². The smallest absolute Gasteiger partial charge is 0.153 e. The predicted octanol–water partition coefficient (Wildman–Crippen LogP) is 1.62. The molecule has 72 valence electrons. The fourth-order valence-corrected chi connectivity index (χ4v) is 1.32. The molecule has 0 atom stereocenters. The van der Waals surface area contributed by atoms with E-state index >= 15 is 0 Å². The van der Waals surface area contributed by atoms with Crippen LogP contribution in [0.4, 0.5) is 0 Å². The number of hydrogen-bond acceptors (Lipinski definition) is 3. The number of imidazole rings is 1. The third-order valence-electron chi connectivity index (χ3n) is 1.82. The van der Waals surface area contributed by atoms with Gasteiger partial charge in [0.15, 0.2) is 5.15 Å². The van der Waals surface area contributed by atoms with Gasteiger partial charge in [0.2, 0.25) is 0 Å². The minimum Gasteiger partial charge on any atom is -0.390 e. The summed E-state index contributed by atoms with van der Waals surface area (Å²) in [5, 5.41) is 9.20. The summed E-state index contributed by atoms with van der Waals surface area (Å²) in [6, 6.07) is 3.67. The number of halogens is 1. The molecule has 0 aromatic carbocycles. The van der Waals surface area contributed by atoms with Crippen molar-refractivity contribution in [1.29, 1.82) is 0 Å². The van der Waals surface area contributed by atoms with Crippen LogP contribution in [0, 0.1) is 0 Å². The van der Waals surface area contributed by atoms with Crippen molar-refractivity contribution in [3.05, 3.63) is 35.4 Å². The van der Waals surface area contributed by atoms with Gasteiger partial charge in [0.1, 0.15) is 5.82 Å². The van der Waals surface area contributed by atoms with Gasteiger partial charge in [0, 0.05) is 18.0 Å². The van der Waals surface area contributed by atoms with Gasteiger partial charge in [-0.05, 0) is 12.1 Å². The highest BCUT2D eigenvalue weighted by Crippen LogP contribution is 2.20. The molecule has 0 spiro atoms. The maximum atomic E-state index is 8.91. The standard InChI is InChI=1S/C9H8ClN3O/c10-8-7(5-14)12-9(13-8)6-2-1-3-11-4-6/h1-4,14H,5H2,(H,12,13). The summed E-state index contributed by atoms with van der Waals surface area (Å²) in [5.41, 5.74) is 1.36. The summed E-state index contributed by atoms with van der Waals surface area (Å²) in [6.45, 7) is -0.147. The maximum Gasteiger partial charge on any atom is 0.153 e. The molecule has 0 aliphatic carbocycles. The lowest BCUT2D eigenvalue weighted by Gasteiger charge is -1.93. The number of aliphatic hydroxyl groups is 1. The van der Waals surface area contributed by atoms with Gasteiger partial charge in [-0.3, -0.25) is 4.98 Å². The Kier molecular flexibility index (Phi) is 2.47. The summed E-state index contributed by atoms with van der Waals surface area (Å²) in [6.07, 6.45) is 3.36. The van der Waals surface area contributed by atoms with E-state index in [0.717, 1.165) is 5.56 Å². The molecule has 2 aromatic rings. The first kappa shape index (κ1) is 9.18. The first-order valence-electron chi connectivity index (χ1n) is 4.07. The average molecular weight is 210 g/mol. The summed E-state index contributed by atoms with van der Waals surface area (Å²) in [4.78, 5) is 10.9. The van der Waals surface area contributed by atoms with E-state index in [0.29, 0.717) is 16.7 Å². The Morgan fingerprint density at radius 2 is 2.36 bits per heavy atom. The van der Waals surface area contributed by atoms with E-state index in [1.165, 1.54) is 0 Å². The largest absolute Gasteiger partial charge is 0.390 e. The number of nitrogens with one attached hydrogen (secondary N) is 1. The Bertz CT molecular complexity index is 427. The van der Waals surface area contributed by atoms with Crippen LogP contribution in [0.5, 0.6) is 0 Å². The number of pyridine rings is 1. The molecule has 2 aromatic heterocycles. The van der Waals surface area contributed by atoms with Crippen LogP contribution in [0.1, 0.15) is 5.69 Å². The fraction of sp³-hybridized carbons (Fsp3) is 0.111. The molecular formula is C9H8ClN3O. The third kappa shape index (κ3) is 1.62. The minimum atomic E-state index is -0.147. The Morgan fingerprint density at radius 1 is 1.50 bits per heavy atom. The van der Waals surface area contributed by atoms with Gasteiger partial charge in [-0.15, -0.1) is 0 Å². The van der Waals surface area contributed by atoms with Crippen molar-refractivity contribution in [3.8, 4) is 11.4 Å². The van der Waals surface area contributed by atoms with Crippen molar-refractivity contribution in [2.75, 3.05) is 0 Å². The summed E-state index contributed by atoms with van der Waals surface area (Å²) >= 11 is 5.77. The van der Waals surface area contributed by atoms with Crippen LogP contribution < -0.4 is 0 Å². The molecule has 0 bridgehead atoms. The first-order valence-corrected chi connectivity index (χ1v) is 4.44. The molecule has 0 saturated heterocycles. The van der Waals surface area contributed by atoms with Crippen LogP contribution in [0.25, 0.3) is 11.4 Å². The van der Waals surface area contributed by atoms with Gasteiger partial charge >= 0.3 is 0 Å². The molecule has 2 N–H and O–H groups in total. The summed E-state index contributed by atoms with van der Waals surface area (Å²) < 4.78 is 0. The number of rotatable bonds is 2. The second-order valence-corrected chi connectivity index (χ2v) is 3.11. The van der Waals surface area contributed by atoms with E-state index in [1.807, 2.05) is 12.1 Å². The lowest BCUT2D eigenvalue weighted by molar-refractivity contribution is 0.277. The number of aliphatic hydroxyl groups excluding tert-OH is 1. The molecule has 14 heavy (non-hydrogen) atoms. The molecule has 5 heteroatoms. The van der Waals surface area contributed by atoms with Gasteiger partial charge in [-0.2, -0.15) is 0 Å². The lowest BCUT2D eigenvalue weighted by Crippen LogP contribution is -1.84. The van der Waals surface area contributed by atoms with Crippen molar-refractivity contribution in [2.45, 2.75) is 6.61 Å². The zero-order valence-electron chi connectivity index (χ0n) is 7.24. The van der Waals surface area contributed by atoms with Crippen LogP contribution >= 0.6 is 11.6 Å². The second-order valence-electron chi connectivity index (χ2n) is 2.75. The number of nitrogens with zero attached hydrogens (tertiary/aromatic N) is 2. The maximum absolute atomic E-state index is 8.91. The second kappa shape index (κ2) is 3.77. The van der Waals surface area contributed by atoms with E-state index in [1.54, 1.807) is 12.4 Å². The molecule has 0 aliphatic heterocycles. The van der Waals surface area contributed by atoms with Crippen LogP contribution in [0.3, 0.4) is 0 Å². The van der Waals surface area contributed by atoms with E-state index < -0.39 is 0 Å². The predicted molar refractivity (Wildman–Crippen MR) is 52.8 cm³/mol. The zero-order valence-corrected chi connectivity index (χ0v) is 7.99.